The molecule has 0 atom stereocenters. The highest BCUT2D eigenvalue weighted by Crippen LogP contribution is 2.27. The lowest BCUT2D eigenvalue weighted by molar-refractivity contribution is 0.0954. The molecular formula is C16H24N4O2. The standard InChI is InChI=1S/C16H24N4O2/c1-17-16(20-11-12-6-7-12)19-9-8-18-15(21)13-4-3-5-14(10-13)22-2/h3-5,10,12H,6-9,11H2,1-2H3,(H,18,21)(H2,17,19,20). The van der Waals surface area contributed by atoms with E-state index in [1.54, 1.807) is 32.4 Å². The molecule has 0 aliphatic heterocycles. The molecule has 3 N–H and O–H groups in total. The number of ether oxygens (including phenoxy) is 1. The van der Waals surface area contributed by atoms with Crippen LogP contribution < -0.4 is 20.7 Å². The zero-order valence-electron chi connectivity index (χ0n) is 13.2. The van der Waals surface area contributed by atoms with E-state index in [1.807, 2.05) is 6.07 Å². The summed E-state index contributed by atoms with van der Waals surface area (Å²) in [6.45, 7) is 2.12. The Bertz CT molecular complexity index is 527. The fraction of sp³-hybridized carbons (Fsp3) is 0.500. The van der Waals surface area contributed by atoms with Crippen LogP contribution in [0.3, 0.4) is 0 Å². The van der Waals surface area contributed by atoms with Crippen LogP contribution in [0.4, 0.5) is 0 Å². The van der Waals surface area contributed by atoms with Gasteiger partial charge in [-0.3, -0.25) is 9.79 Å². The van der Waals surface area contributed by atoms with Crippen molar-refractivity contribution < 1.29 is 9.53 Å². The van der Waals surface area contributed by atoms with Crippen LogP contribution in [0, 0.1) is 5.92 Å². The highest BCUT2D eigenvalue weighted by Gasteiger charge is 2.20. The second-order valence-corrected chi connectivity index (χ2v) is 5.31. The van der Waals surface area contributed by atoms with Crippen molar-refractivity contribution in [1.82, 2.24) is 16.0 Å². The van der Waals surface area contributed by atoms with Gasteiger partial charge in [-0.1, -0.05) is 6.07 Å². The molecular weight excluding hydrogens is 280 g/mol. The molecule has 1 aromatic carbocycles. The van der Waals surface area contributed by atoms with Crippen LogP contribution in [0.25, 0.3) is 0 Å². The third-order valence-electron chi connectivity index (χ3n) is 3.51. The molecule has 0 spiro atoms. The number of nitrogens with zero attached hydrogens (tertiary/aromatic N) is 1. The molecule has 22 heavy (non-hydrogen) atoms. The number of aliphatic imine (C=N–C) groups is 1. The third-order valence-corrected chi connectivity index (χ3v) is 3.51. The van der Waals surface area contributed by atoms with Crippen molar-refractivity contribution in [2.24, 2.45) is 10.9 Å². The van der Waals surface area contributed by atoms with E-state index in [4.69, 9.17) is 4.74 Å². The van der Waals surface area contributed by atoms with Gasteiger partial charge in [0.15, 0.2) is 5.96 Å². The summed E-state index contributed by atoms with van der Waals surface area (Å²) >= 11 is 0. The Hall–Kier alpha value is -2.24. The fourth-order valence-electron chi connectivity index (χ4n) is 2.01. The number of hydrogen-bond donors (Lipinski definition) is 3. The van der Waals surface area contributed by atoms with E-state index in [-0.39, 0.29) is 5.91 Å². The van der Waals surface area contributed by atoms with Crippen molar-refractivity contribution >= 4 is 11.9 Å². The molecule has 0 radical (unpaired) electrons. The van der Waals surface area contributed by atoms with Crippen molar-refractivity contribution in [2.45, 2.75) is 12.8 Å². The third kappa shape index (κ3) is 5.27. The monoisotopic (exact) mass is 304 g/mol. The van der Waals surface area contributed by atoms with Gasteiger partial charge in [-0.05, 0) is 37.0 Å². The van der Waals surface area contributed by atoms with Crippen molar-refractivity contribution in [3.05, 3.63) is 29.8 Å². The lowest BCUT2D eigenvalue weighted by Crippen LogP contribution is -2.42. The average molecular weight is 304 g/mol. The Balaban J connectivity index is 1.67. The van der Waals surface area contributed by atoms with Gasteiger partial charge in [0, 0.05) is 32.2 Å². The molecule has 120 valence electrons. The van der Waals surface area contributed by atoms with Crippen molar-refractivity contribution in [2.75, 3.05) is 33.8 Å². The molecule has 1 saturated carbocycles. The SMILES string of the molecule is CN=C(NCCNC(=O)c1cccc(OC)c1)NCC1CC1. The number of nitrogens with one attached hydrogen (secondary N) is 3. The van der Waals surface area contributed by atoms with E-state index in [0.29, 0.717) is 24.4 Å². The number of rotatable bonds is 7. The van der Waals surface area contributed by atoms with Crippen LogP contribution in [0.15, 0.2) is 29.3 Å². The van der Waals surface area contributed by atoms with Crippen LogP contribution in [0.1, 0.15) is 23.2 Å². The maximum absolute atomic E-state index is 12.0. The normalized spacial score (nSPS) is 14.4. The summed E-state index contributed by atoms with van der Waals surface area (Å²) in [5, 5.41) is 9.32. The summed E-state index contributed by atoms with van der Waals surface area (Å²) in [6.07, 6.45) is 2.61. The molecule has 0 heterocycles. The summed E-state index contributed by atoms with van der Waals surface area (Å²) < 4.78 is 5.11. The second-order valence-electron chi connectivity index (χ2n) is 5.31. The predicted octanol–water partition coefficient (Wildman–Crippen LogP) is 1.000. The van der Waals surface area contributed by atoms with Crippen molar-refractivity contribution in [1.29, 1.82) is 0 Å². The molecule has 1 aliphatic carbocycles. The minimum absolute atomic E-state index is 0.110. The summed E-state index contributed by atoms with van der Waals surface area (Å²) in [6, 6.07) is 7.10. The van der Waals surface area contributed by atoms with E-state index in [1.165, 1.54) is 12.8 Å². The largest absolute Gasteiger partial charge is 0.497 e. The zero-order chi connectivity index (χ0) is 15.8. The first-order chi connectivity index (χ1) is 10.7. The number of carbonyl (C=O) groups excluding carboxylic acids is 1. The lowest BCUT2D eigenvalue weighted by atomic mass is 10.2. The van der Waals surface area contributed by atoms with E-state index in [9.17, 15) is 4.79 Å². The summed E-state index contributed by atoms with van der Waals surface area (Å²) in [5.41, 5.74) is 0.593. The summed E-state index contributed by atoms with van der Waals surface area (Å²) in [7, 11) is 3.33. The molecule has 0 unspecified atom stereocenters. The van der Waals surface area contributed by atoms with Gasteiger partial charge in [0.05, 0.1) is 7.11 Å². The van der Waals surface area contributed by atoms with Gasteiger partial charge in [-0.15, -0.1) is 0 Å². The van der Waals surface area contributed by atoms with Crippen LogP contribution in [-0.4, -0.2) is 45.7 Å². The molecule has 1 fully saturated rings. The summed E-state index contributed by atoms with van der Waals surface area (Å²) in [4.78, 5) is 16.2. The molecule has 1 aromatic rings. The van der Waals surface area contributed by atoms with E-state index in [2.05, 4.69) is 20.9 Å². The second kappa shape index (κ2) is 8.26. The van der Waals surface area contributed by atoms with E-state index < -0.39 is 0 Å². The van der Waals surface area contributed by atoms with Gasteiger partial charge in [0.2, 0.25) is 0 Å². The topological polar surface area (TPSA) is 74.8 Å². The fourth-order valence-corrected chi connectivity index (χ4v) is 2.01. The first-order valence-electron chi connectivity index (χ1n) is 7.59. The molecule has 0 aromatic heterocycles. The Morgan fingerprint density at radius 3 is 2.73 bits per heavy atom. The smallest absolute Gasteiger partial charge is 0.251 e. The Morgan fingerprint density at radius 1 is 1.27 bits per heavy atom. The number of carbonyl (C=O) groups is 1. The maximum atomic E-state index is 12.0. The van der Waals surface area contributed by atoms with Gasteiger partial charge in [-0.25, -0.2) is 0 Å². The van der Waals surface area contributed by atoms with Crippen LogP contribution in [-0.2, 0) is 0 Å². The Kier molecular flexibility index (Phi) is 6.06. The molecule has 0 saturated heterocycles. The highest BCUT2D eigenvalue weighted by atomic mass is 16.5. The van der Waals surface area contributed by atoms with Crippen LogP contribution >= 0.6 is 0 Å². The van der Waals surface area contributed by atoms with Crippen molar-refractivity contribution in [3.63, 3.8) is 0 Å². The van der Waals surface area contributed by atoms with Gasteiger partial charge < -0.3 is 20.7 Å². The first kappa shape index (κ1) is 16.1. The predicted molar refractivity (Wildman–Crippen MR) is 87.4 cm³/mol. The Labute approximate surface area is 131 Å². The molecule has 6 nitrogen and oxygen atoms in total. The minimum Gasteiger partial charge on any atom is -0.497 e. The maximum Gasteiger partial charge on any atom is 0.251 e. The van der Waals surface area contributed by atoms with E-state index >= 15 is 0 Å². The molecule has 2 rings (SSSR count). The zero-order valence-corrected chi connectivity index (χ0v) is 13.2. The minimum atomic E-state index is -0.110. The molecule has 1 amide bonds. The number of amides is 1. The van der Waals surface area contributed by atoms with Crippen LogP contribution in [0.2, 0.25) is 0 Å². The van der Waals surface area contributed by atoms with Crippen LogP contribution in [0.5, 0.6) is 5.75 Å². The molecule has 6 heteroatoms. The van der Waals surface area contributed by atoms with E-state index in [0.717, 1.165) is 18.4 Å². The Morgan fingerprint density at radius 2 is 2.05 bits per heavy atom. The van der Waals surface area contributed by atoms with Crippen molar-refractivity contribution in [3.8, 4) is 5.75 Å². The molecule has 1 aliphatic rings. The highest BCUT2D eigenvalue weighted by molar-refractivity contribution is 5.94. The molecule has 0 bridgehead atoms. The number of methoxy groups -OCH3 is 1. The van der Waals surface area contributed by atoms with Gasteiger partial charge in [0.1, 0.15) is 5.75 Å². The number of benzene rings is 1. The quantitative estimate of drug-likeness (QED) is 0.399. The number of guanidine groups is 1. The first-order valence-corrected chi connectivity index (χ1v) is 7.59. The lowest BCUT2D eigenvalue weighted by Gasteiger charge is -2.12. The van der Waals surface area contributed by atoms with Gasteiger partial charge in [-0.2, -0.15) is 0 Å². The number of hydrogen-bond acceptors (Lipinski definition) is 3. The van der Waals surface area contributed by atoms with Gasteiger partial charge >= 0.3 is 0 Å². The van der Waals surface area contributed by atoms with Gasteiger partial charge in [0.25, 0.3) is 5.91 Å². The average Bonchev–Trinajstić information content (AvgIpc) is 3.38. The summed E-state index contributed by atoms with van der Waals surface area (Å²) in [5.74, 6) is 2.14.